The largest absolute Gasteiger partial charge is 0.478 e. The van der Waals surface area contributed by atoms with Gasteiger partial charge in [-0.3, -0.25) is 0 Å². The molecule has 0 aliphatic heterocycles. The maximum absolute atomic E-state index is 5.67. The van der Waals surface area contributed by atoms with Gasteiger partial charge in [-0.2, -0.15) is 4.98 Å². The molecule has 0 aliphatic rings. The van der Waals surface area contributed by atoms with Crippen molar-refractivity contribution in [1.29, 1.82) is 0 Å². The lowest BCUT2D eigenvalue weighted by molar-refractivity contribution is 0.304. The van der Waals surface area contributed by atoms with Crippen LogP contribution in [0.1, 0.15) is 38.3 Å². The second-order valence-electron chi connectivity index (χ2n) is 4.67. The summed E-state index contributed by atoms with van der Waals surface area (Å²) >= 11 is 5.67. The summed E-state index contributed by atoms with van der Waals surface area (Å²) in [7, 11) is 2.01. The molecule has 0 bridgehead atoms. The molecule has 5 heteroatoms. The van der Waals surface area contributed by atoms with Gasteiger partial charge in [0.2, 0.25) is 11.8 Å². The summed E-state index contributed by atoms with van der Waals surface area (Å²) in [4.78, 5) is 11.0. The third-order valence-electron chi connectivity index (χ3n) is 2.74. The Kier molecular flexibility index (Phi) is 7.56. The number of nitrogens with zero attached hydrogens (tertiary/aromatic N) is 3. The summed E-state index contributed by atoms with van der Waals surface area (Å²) in [6.07, 6.45) is 4.28. The van der Waals surface area contributed by atoms with Gasteiger partial charge in [-0.1, -0.05) is 13.3 Å². The first-order valence-electron chi connectivity index (χ1n) is 6.93. The van der Waals surface area contributed by atoms with Crippen LogP contribution in [0.3, 0.4) is 0 Å². The van der Waals surface area contributed by atoms with Crippen LogP contribution in [0.2, 0.25) is 0 Å². The Morgan fingerprint density at radius 3 is 2.74 bits per heavy atom. The molecule has 0 aromatic carbocycles. The Hall–Kier alpha value is -1.03. The molecule has 0 amide bonds. The molecule has 0 spiro atoms. The molecule has 0 radical (unpaired) electrons. The third kappa shape index (κ3) is 6.10. The number of hydrogen-bond acceptors (Lipinski definition) is 4. The van der Waals surface area contributed by atoms with Crippen LogP contribution >= 0.6 is 11.6 Å². The predicted octanol–water partition coefficient (Wildman–Crippen LogP) is 3.42. The number of unbranched alkanes of at least 4 members (excludes halogenated alkanes) is 2. The van der Waals surface area contributed by atoms with Crippen molar-refractivity contribution in [2.45, 2.75) is 39.5 Å². The van der Waals surface area contributed by atoms with E-state index in [-0.39, 0.29) is 0 Å². The minimum absolute atomic E-state index is 0.664. The van der Waals surface area contributed by atoms with Crippen LogP contribution in [0.25, 0.3) is 0 Å². The highest BCUT2D eigenvalue weighted by Gasteiger charge is 2.07. The summed E-state index contributed by atoms with van der Waals surface area (Å²) in [6.45, 7) is 5.67. The zero-order valence-electron chi connectivity index (χ0n) is 12.2. The Morgan fingerprint density at radius 2 is 2.05 bits per heavy atom. The van der Waals surface area contributed by atoms with Gasteiger partial charge in [-0.15, -0.1) is 11.6 Å². The number of aromatic nitrogens is 2. The van der Waals surface area contributed by atoms with Crippen molar-refractivity contribution in [3.8, 4) is 5.88 Å². The van der Waals surface area contributed by atoms with Crippen LogP contribution < -0.4 is 9.64 Å². The number of rotatable bonds is 9. The van der Waals surface area contributed by atoms with E-state index in [1.165, 1.54) is 0 Å². The fourth-order valence-corrected chi connectivity index (χ4v) is 1.89. The highest BCUT2D eigenvalue weighted by atomic mass is 35.5. The van der Waals surface area contributed by atoms with Gasteiger partial charge in [0.25, 0.3) is 0 Å². The lowest BCUT2D eigenvalue weighted by Crippen LogP contribution is -2.21. The first-order valence-corrected chi connectivity index (χ1v) is 7.46. The van der Waals surface area contributed by atoms with Crippen LogP contribution in [-0.4, -0.2) is 36.0 Å². The van der Waals surface area contributed by atoms with Gasteiger partial charge in [-0.05, 0) is 26.2 Å². The van der Waals surface area contributed by atoms with Crippen molar-refractivity contribution in [3.05, 3.63) is 11.8 Å². The van der Waals surface area contributed by atoms with Crippen LogP contribution in [-0.2, 0) is 0 Å². The number of ether oxygens (including phenoxy) is 1. The van der Waals surface area contributed by atoms with Gasteiger partial charge in [-0.25, -0.2) is 4.98 Å². The average molecular weight is 286 g/mol. The first-order chi connectivity index (χ1) is 9.17. The van der Waals surface area contributed by atoms with Gasteiger partial charge in [0.05, 0.1) is 6.61 Å². The molecule has 0 N–H and O–H groups in total. The maximum atomic E-state index is 5.67. The number of anilines is 1. The van der Waals surface area contributed by atoms with Crippen molar-refractivity contribution in [2.24, 2.45) is 0 Å². The summed E-state index contributed by atoms with van der Waals surface area (Å²) in [5, 5.41) is 0. The Balaban J connectivity index is 2.57. The molecule has 0 saturated heterocycles. The van der Waals surface area contributed by atoms with E-state index in [4.69, 9.17) is 16.3 Å². The standard InChI is InChI=1S/C14H24ClN3O/c1-4-10-19-13-11-12(2)16-14(17-13)18(3)9-7-5-6-8-15/h11H,4-10H2,1-3H3. The SMILES string of the molecule is CCCOc1cc(C)nc(N(C)CCCCCCl)n1. The molecule has 0 fully saturated rings. The third-order valence-corrected chi connectivity index (χ3v) is 3.01. The number of hydrogen-bond donors (Lipinski definition) is 0. The molecule has 1 aromatic rings. The van der Waals surface area contributed by atoms with Crippen molar-refractivity contribution in [2.75, 3.05) is 31.0 Å². The second kappa shape index (κ2) is 8.97. The summed E-state index contributed by atoms with van der Waals surface area (Å²) in [5.41, 5.74) is 0.934. The molecule has 108 valence electrons. The average Bonchev–Trinajstić information content (AvgIpc) is 2.40. The van der Waals surface area contributed by atoms with E-state index in [2.05, 4.69) is 21.8 Å². The minimum atomic E-state index is 0.664. The van der Waals surface area contributed by atoms with E-state index in [9.17, 15) is 0 Å². The van der Waals surface area contributed by atoms with Gasteiger partial charge < -0.3 is 9.64 Å². The molecule has 4 nitrogen and oxygen atoms in total. The summed E-state index contributed by atoms with van der Waals surface area (Å²) in [5.74, 6) is 2.13. The normalized spacial score (nSPS) is 10.5. The zero-order valence-corrected chi connectivity index (χ0v) is 12.9. The van der Waals surface area contributed by atoms with Crippen LogP contribution in [0.5, 0.6) is 5.88 Å². The first kappa shape index (κ1) is 16.0. The molecule has 0 unspecified atom stereocenters. The van der Waals surface area contributed by atoms with E-state index in [1.54, 1.807) is 0 Å². The van der Waals surface area contributed by atoms with Gasteiger partial charge in [0.15, 0.2) is 0 Å². The smallest absolute Gasteiger partial charge is 0.228 e. The van der Waals surface area contributed by atoms with Crippen LogP contribution in [0.4, 0.5) is 5.95 Å². The van der Waals surface area contributed by atoms with Crippen molar-refractivity contribution in [3.63, 3.8) is 0 Å². The van der Waals surface area contributed by atoms with Crippen molar-refractivity contribution >= 4 is 17.5 Å². The Morgan fingerprint density at radius 1 is 1.26 bits per heavy atom. The van der Waals surface area contributed by atoms with Gasteiger partial charge >= 0.3 is 0 Å². The molecule has 0 saturated carbocycles. The van der Waals surface area contributed by atoms with E-state index >= 15 is 0 Å². The highest BCUT2D eigenvalue weighted by molar-refractivity contribution is 6.17. The topological polar surface area (TPSA) is 38.2 Å². The molecule has 1 heterocycles. The van der Waals surface area contributed by atoms with Crippen molar-refractivity contribution in [1.82, 2.24) is 9.97 Å². The molecule has 1 rings (SSSR count). The lowest BCUT2D eigenvalue weighted by Gasteiger charge is -2.18. The molecular weight excluding hydrogens is 262 g/mol. The van der Waals surface area contributed by atoms with Crippen LogP contribution in [0.15, 0.2) is 6.07 Å². The lowest BCUT2D eigenvalue weighted by atomic mass is 10.2. The van der Waals surface area contributed by atoms with E-state index < -0.39 is 0 Å². The van der Waals surface area contributed by atoms with Gasteiger partial charge in [0.1, 0.15) is 0 Å². The molecule has 19 heavy (non-hydrogen) atoms. The summed E-state index contributed by atoms with van der Waals surface area (Å²) < 4.78 is 5.57. The molecular formula is C14H24ClN3O. The minimum Gasteiger partial charge on any atom is -0.478 e. The monoisotopic (exact) mass is 285 g/mol. The number of halogens is 1. The molecule has 1 aromatic heterocycles. The fraction of sp³-hybridized carbons (Fsp3) is 0.714. The zero-order chi connectivity index (χ0) is 14.1. The number of alkyl halides is 1. The summed E-state index contributed by atoms with van der Waals surface area (Å²) in [6, 6.07) is 1.88. The van der Waals surface area contributed by atoms with E-state index in [0.717, 1.165) is 49.8 Å². The Labute approximate surface area is 121 Å². The quantitative estimate of drug-likeness (QED) is 0.515. The Bertz CT molecular complexity index is 374. The predicted molar refractivity (Wildman–Crippen MR) is 80.4 cm³/mol. The van der Waals surface area contributed by atoms with Gasteiger partial charge in [0, 0.05) is 31.2 Å². The second-order valence-corrected chi connectivity index (χ2v) is 5.05. The van der Waals surface area contributed by atoms with E-state index in [0.29, 0.717) is 12.5 Å². The fourth-order valence-electron chi connectivity index (χ4n) is 1.70. The van der Waals surface area contributed by atoms with Crippen molar-refractivity contribution < 1.29 is 4.74 Å². The number of aryl methyl sites for hydroxylation is 1. The molecule has 0 aliphatic carbocycles. The van der Waals surface area contributed by atoms with E-state index in [1.807, 2.05) is 20.0 Å². The highest BCUT2D eigenvalue weighted by Crippen LogP contribution is 2.15. The van der Waals surface area contributed by atoms with Crippen LogP contribution in [0, 0.1) is 6.92 Å². The maximum Gasteiger partial charge on any atom is 0.228 e. The molecule has 0 atom stereocenters.